The average molecular weight is 445 g/mol. The molecule has 168 valence electrons. The fourth-order valence-corrected chi connectivity index (χ4v) is 4.05. The highest BCUT2D eigenvalue weighted by molar-refractivity contribution is 6.46. The first-order chi connectivity index (χ1) is 16.0. The van der Waals surface area contributed by atoms with Crippen molar-refractivity contribution in [2.75, 3.05) is 13.2 Å². The van der Waals surface area contributed by atoms with E-state index >= 15 is 0 Å². The van der Waals surface area contributed by atoms with E-state index in [1.807, 2.05) is 37.3 Å². The van der Waals surface area contributed by atoms with Crippen LogP contribution in [0.2, 0.25) is 0 Å². The van der Waals surface area contributed by atoms with E-state index < -0.39 is 17.7 Å². The van der Waals surface area contributed by atoms with Crippen LogP contribution in [0.4, 0.5) is 4.39 Å². The summed E-state index contributed by atoms with van der Waals surface area (Å²) < 4.78 is 18.8. The molecule has 5 nitrogen and oxygen atoms in total. The largest absolute Gasteiger partial charge is 0.507 e. The Labute approximate surface area is 191 Å². The number of rotatable bonds is 7. The van der Waals surface area contributed by atoms with Gasteiger partial charge in [0.25, 0.3) is 11.7 Å². The zero-order chi connectivity index (χ0) is 23.4. The van der Waals surface area contributed by atoms with Gasteiger partial charge in [0.05, 0.1) is 18.2 Å². The molecule has 1 aliphatic heterocycles. The van der Waals surface area contributed by atoms with Crippen molar-refractivity contribution in [1.82, 2.24) is 4.90 Å². The molecular formula is C27H24FNO4. The van der Waals surface area contributed by atoms with Crippen LogP contribution in [0, 0.1) is 5.82 Å². The summed E-state index contributed by atoms with van der Waals surface area (Å²) in [4.78, 5) is 27.6. The van der Waals surface area contributed by atoms with Gasteiger partial charge in [0.2, 0.25) is 0 Å². The number of hydrogen-bond donors (Lipinski definition) is 1. The lowest BCUT2D eigenvalue weighted by Crippen LogP contribution is -2.31. The quantitative estimate of drug-likeness (QED) is 0.320. The number of halogens is 1. The van der Waals surface area contributed by atoms with Crippen LogP contribution in [0.5, 0.6) is 5.75 Å². The molecular weight excluding hydrogens is 421 g/mol. The number of carbonyl (C=O) groups is 2. The normalized spacial score (nSPS) is 17.4. The molecule has 0 aromatic heterocycles. The van der Waals surface area contributed by atoms with Gasteiger partial charge in [0.1, 0.15) is 17.3 Å². The van der Waals surface area contributed by atoms with Gasteiger partial charge in [-0.2, -0.15) is 0 Å². The number of aliphatic hydroxyl groups is 1. The smallest absolute Gasteiger partial charge is 0.295 e. The molecule has 3 aromatic rings. The van der Waals surface area contributed by atoms with Gasteiger partial charge in [0, 0.05) is 12.1 Å². The first-order valence-corrected chi connectivity index (χ1v) is 10.8. The second-order valence-electron chi connectivity index (χ2n) is 7.74. The molecule has 1 unspecified atom stereocenters. The van der Waals surface area contributed by atoms with Gasteiger partial charge < -0.3 is 14.7 Å². The second-order valence-corrected chi connectivity index (χ2v) is 7.74. The molecule has 1 amide bonds. The number of ether oxygens (including phenoxy) is 1. The van der Waals surface area contributed by atoms with Crippen molar-refractivity contribution < 1.29 is 23.8 Å². The SMILES string of the molecule is CCOc1cccc(/C(O)=C2/C(=O)C(=O)N(CCc3ccc(F)cc3)C2c2ccccc2)c1. The van der Waals surface area contributed by atoms with E-state index in [0.717, 1.165) is 11.1 Å². The summed E-state index contributed by atoms with van der Waals surface area (Å²) in [6.45, 7) is 2.56. The second kappa shape index (κ2) is 9.69. The molecule has 0 spiro atoms. The maximum absolute atomic E-state index is 13.3. The fourth-order valence-electron chi connectivity index (χ4n) is 4.05. The Morgan fingerprint density at radius 2 is 1.73 bits per heavy atom. The first-order valence-electron chi connectivity index (χ1n) is 10.8. The van der Waals surface area contributed by atoms with Crippen molar-refractivity contribution >= 4 is 17.4 Å². The van der Waals surface area contributed by atoms with Gasteiger partial charge in [0.15, 0.2) is 0 Å². The Kier molecular flexibility index (Phi) is 6.54. The minimum absolute atomic E-state index is 0.0407. The van der Waals surface area contributed by atoms with Crippen LogP contribution in [0.25, 0.3) is 5.76 Å². The molecule has 1 aliphatic rings. The number of carbonyl (C=O) groups excluding carboxylic acids is 2. The first kappa shape index (κ1) is 22.3. The lowest BCUT2D eigenvalue weighted by molar-refractivity contribution is -0.139. The summed E-state index contributed by atoms with van der Waals surface area (Å²) in [7, 11) is 0. The topological polar surface area (TPSA) is 66.8 Å². The number of hydrogen-bond acceptors (Lipinski definition) is 4. The van der Waals surface area contributed by atoms with Crippen LogP contribution in [0.15, 0.2) is 84.4 Å². The molecule has 0 radical (unpaired) electrons. The predicted molar refractivity (Wildman–Crippen MR) is 123 cm³/mol. The van der Waals surface area contributed by atoms with E-state index in [4.69, 9.17) is 4.74 Å². The summed E-state index contributed by atoms with van der Waals surface area (Å²) in [6.07, 6.45) is 0.441. The van der Waals surface area contributed by atoms with Gasteiger partial charge in [-0.15, -0.1) is 0 Å². The summed E-state index contributed by atoms with van der Waals surface area (Å²) in [5.41, 5.74) is 2.00. The van der Waals surface area contributed by atoms with Crippen molar-refractivity contribution in [2.24, 2.45) is 0 Å². The zero-order valence-electron chi connectivity index (χ0n) is 18.2. The third-order valence-corrected chi connectivity index (χ3v) is 5.63. The molecule has 3 aromatic carbocycles. The van der Waals surface area contributed by atoms with E-state index in [1.54, 1.807) is 36.4 Å². The minimum atomic E-state index is -0.734. The Morgan fingerprint density at radius 1 is 1.00 bits per heavy atom. The lowest BCUT2D eigenvalue weighted by atomic mass is 9.95. The number of likely N-dealkylation sites (tertiary alicyclic amines) is 1. The molecule has 1 heterocycles. The van der Waals surface area contributed by atoms with Crippen LogP contribution in [-0.4, -0.2) is 34.8 Å². The van der Waals surface area contributed by atoms with Crippen molar-refractivity contribution in [2.45, 2.75) is 19.4 Å². The van der Waals surface area contributed by atoms with Crippen LogP contribution >= 0.6 is 0 Å². The van der Waals surface area contributed by atoms with Crippen molar-refractivity contribution in [3.8, 4) is 5.75 Å². The standard InChI is InChI=1S/C27H24FNO4/c1-2-33-22-10-6-9-20(17-22)25(30)23-24(19-7-4-3-5-8-19)29(27(32)26(23)31)16-15-18-11-13-21(28)14-12-18/h3-14,17,24,30H,2,15-16H2,1H3/b25-23-. The molecule has 0 aliphatic carbocycles. The highest BCUT2D eigenvalue weighted by Crippen LogP contribution is 2.39. The third kappa shape index (κ3) is 4.65. The zero-order valence-corrected chi connectivity index (χ0v) is 18.2. The number of nitrogens with zero attached hydrogens (tertiary/aromatic N) is 1. The van der Waals surface area contributed by atoms with Gasteiger partial charge in [-0.3, -0.25) is 9.59 Å². The van der Waals surface area contributed by atoms with Crippen molar-refractivity contribution in [3.05, 3.63) is 107 Å². The Bertz CT molecular complexity index is 1190. The maximum Gasteiger partial charge on any atom is 0.295 e. The molecule has 0 bridgehead atoms. The molecule has 4 rings (SSSR count). The maximum atomic E-state index is 13.3. The van der Waals surface area contributed by atoms with Gasteiger partial charge in [-0.05, 0) is 48.7 Å². The molecule has 1 fully saturated rings. The van der Waals surface area contributed by atoms with Crippen molar-refractivity contribution in [1.29, 1.82) is 0 Å². The lowest BCUT2D eigenvalue weighted by Gasteiger charge is -2.25. The summed E-state index contributed by atoms with van der Waals surface area (Å²) in [6, 6.07) is 21.3. The Hall–Kier alpha value is -3.93. The van der Waals surface area contributed by atoms with Gasteiger partial charge in [-0.25, -0.2) is 4.39 Å². The summed E-state index contributed by atoms with van der Waals surface area (Å²) in [5.74, 6) is -1.43. The Morgan fingerprint density at radius 3 is 2.42 bits per heavy atom. The van der Waals surface area contributed by atoms with E-state index in [-0.39, 0.29) is 23.7 Å². The predicted octanol–water partition coefficient (Wildman–Crippen LogP) is 4.89. The summed E-state index contributed by atoms with van der Waals surface area (Å²) >= 11 is 0. The molecule has 1 N–H and O–H groups in total. The Balaban J connectivity index is 1.74. The molecule has 33 heavy (non-hydrogen) atoms. The van der Waals surface area contributed by atoms with E-state index in [0.29, 0.717) is 24.3 Å². The summed E-state index contributed by atoms with van der Waals surface area (Å²) in [5, 5.41) is 11.1. The third-order valence-electron chi connectivity index (χ3n) is 5.63. The molecule has 1 saturated heterocycles. The van der Waals surface area contributed by atoms with Crippen LogP contribution < -0.4 is 4.74 Å². The molecule has 1 atom stereocenters. The van der Waals surface area contributed by atoms with Crippen LogP contribution in [0.3, 0.4) is 0 Å². The molecule has 6 heteroatoms. The van der Waals surface area contributed by atoms with Crippen molar-refractivity contribution in [3.63, 3.8) is 0 Å². The van der Waals surface area contributed by atoms with Gasteiger partial charge >= 0.3 is 0 Å². The fraction of sp³-hybridized carbons (Fsp3) is 0.185. The number of Topliss-reactive ketones (excluding diaryl/α,β-unsaturated/α-hetero) is 1. The van der Waals surface area contributed by atoms with Crippen LogP contribution in [-0.2, 0) is 16.0 Å². The number of aliphatic hydroxyl groups excluding tert-OH is 1. The molecule has 0 saturated carbocycles. The number of benzene rings is 3. The number of amides is 1. The highest BCUT2D eigenvalue weighted by Gasteiger charge is 2.45. The monoisotopic (exact) mass is 445 g/mol. The van der Waals surface area contributed by atoms with E-state index in [2.05, 4.69) is 0 Å². The minimum Gasteiger partial charge on any atom is -0.507 e. The van der Waals surface area contributed by atoms with Crippen LogP contribution in [0.1, 0.15) is 29.7 Å². The highest BCUT2D eigenvalue weighted by atomic mass is 19.1. The average Bonchev–Trinajstić information content (AvgIpc) is 3.09. The number of ketones is 1. The van der Waals surface area contributed by atoms with E-state index in [9.17, 15) is 19.1 Å². The van der Waals surface area contributed by atoms with Gasteiger partial charge in [-0.1, -0.05) is 54.6 Å². The van der Waals surface area contributed by atoms with E-state index in [1.165, 1.54) is 17.0 Å².